The van der Waals surface area contributed by atoms with Gasteiger partial charge in [-0.25, -0.2) is 4.39 Å². The Bertz CT molecular complexity index is 111. The van der Waals surface area contributed by atoms with Crippen LogP contribution < -0.4 is 5.32 Å². The van der Waals surface area contributed by atoms with Gasteiger partial charge in [0.15, 0.2) is 0 Å². The molecule has 0 radical (unpaired) electrons. The van der Waals surface area contributed by atoms with Gasteiger partial charge in [-0.1, -0.05) is 0 Å². The zero-order chi connectivity index (χ0) is 5.33. The number of nitriles is 1. The molecule has 1 rings (SSSR count). The van der Waals surface area contributed by atoms with Crippen LogP contribution in [0.25, 0.3) is 0 Å². The highest BCUT2D eigenvalue weighted by atomic mass is 19.1. The second-order valence-corrected chi connectivity index (χ2v) is 1.68. The number of nitrogens with one attached hydrogen (secondary N) is 1. The topological polar surface area (TPSA) is 35.8 Å². The molecule has 3 heteroatoms. The van der Waals surface area contributed by atoms with Crippen molar-refractivity contribution >= 4 is 0 Å². The quantitative estimate of drug-likeness (QED) is 0.458. The molecule has 0 atom stereocenters. The lowest BCUT2D eigenvalue weighted by molar-refractivity contribution is 0.156. The molecule has 1 aliphatic rings. The number of halogens is 1. The molecule has 7 heavy (non-hydrogen) atoms. The maximum atomic E-state index is 12.2. The summed E-state index contributed by atoms with van der Waals surface area (Å²) >= 11 is 0. The van der Waals surface area contributed by atoms with Crippen LogP contribution in [0.4, 0.5) is 4.39 Å². The summed E-state index contributed by atoms with van der Waals surface area (Å²) in [5.41, 5.74) is -1.54. The Morgan fingerprint density at radius 3 is 2.29 bits per heavy atom. The van der Waals surface area contributed by atoms with Gasteiger partial charge in [0.05, 0.1) is 0 Å². The molecule has 0 aliphatic carbocycles. The highest BCUT2D eigenvalue weighted by Crippen LogP contribution is 2.13. The lowest BCUT2D eigenvalue weighted by atomic mass is 10.0. The first-order valence-electron chi connectivity index (χ1n) is 2.08. The molecule has 0 spiro atoms. The largest absolute Gasteiger partial charge is 0.308 e. The van der Waals surface area contributed by atoms with Crippen molar-refractivity contribution in [3.63, 3.8) is 0 Å². The minimum absolute atomic E-state index is 0.198. The number of hydrogen-bond donors (Lipinski definition) is 1. The molecule has 38 valence electrons. The van der Waals surface area contributed by atoms with Crippen LogP contribution in [0.2, 0.25) is 0 Å². The Balaban J connectivity index is 2.48. The van der Waals surface area contributed by atoms with Crippen molar-refractivity contribution in [3.05, 3.63) is 0 Å². The van der Waals surface area contributed by atoms with Crippen LogP contribution in [0.5, 0.6) is 0 Å². The molecule has 0 unspecified atom stereocenters. The van der Waals surface area contributed by atoms with Crippen molar-refractivity contribution in [2.45, 2.75) is 5.67 Å². The third-order valence-corrected chi connectivity index (χ3v) is 1.01. The van der Waals surface area contributed by atoms with Crippen molar-refractivity contribution in [1.29, 1.82) is 5.26 Å². The fourth-order valence-electron chi connectivity index (χ4n) is 0.424. The van der Waals surface area contributed by atoms with Crippen molar-refractivity contribution < 1.29 is 4.39 Å². The normalized spacial score (nSPS) is 25.1. The van der Waals surface area contributed by atoms with Gasteiger partial charge in [0, 0.05) is 13.1 Å². The Labute approximate surface area is 40.9 Å². The SMILES string of the molecule is N#CC1(F)CNC1. The van der Waals surface area contributed by atoms with E-state index in [0.29, 0.717) is 0 Å². The molecule has 1 saturated heterocycles. The van der Waals surface area contributed by atoms with Crippen molar-refractivity contribution in [1.82, 2.24) is 5.32 Å². The second-order valence-electron chi connectivity index (χ2n) is 1.68. The van der Waals surface area contributed by atoms with E-state index in [9.17, 15) is 4.39 Å². The first-order valence-corrected chi connectivity index (χ1v) is 2.08. The minimum Gasteiger partial charge on any atom is -0.308 e. The molecular formula is C4H5FN2. The first-order chi connectivity index (χ1) is 3.27. The van der Waals surface area contributed by atoms with Gasteiger partial charge in [0.25, 0.3) is 0 Å². The summed E-state index contributed by atoms with van der Waals surface area (Å²) in [6.07, 6.45) is 0. The molecule has 0 aromatic carbocycles. The highest BCUT2D eigenvalue weighted by Gasteiger charge is 2.36. The van der Waals surface area contributed by atoms with Crippen LogP contribution in [0, 0.1) is 11.3 Å². The van der Waals surface area contributed by atoms with E-state index in [4.69, 9.17) is 5.26 Å². The summed E-state index contributed by atoms with van der Waals surface area (Å²) in [6.45, 7) is 0.396. The maximum Gasteiger partial charge on any atom is 0.220 e. The molecule has 0 saturated carbocycles. The molecule has 1 N–H and O–H groups in total. The third kappa shape index (κ3) is 0.570. The molecule has 1 aliphatic heterocycles. The lowest BCUT2D eigenvalue weighted by Gasteiger charge is -2.27. The Morgan fingerprint density at radius 2 is 2.29 bits per heavy atom. The second kappa shape index (κ2) is 1.17. The number of alkyl halides is 1. The van der Waals surface area contributed by atoms with Gasteiger partial charge in [-0.15, -0.1) is 0 Å². The summed E-state index contributed by atoms with van der Waals surface area (Å²) in [5, 5.41) is 10.6. The van der Waals surface area contributed by atoms with Crippen LogP contribution >= 0.6 is 0 Å². The zero-order valence-corrected chi connectivity index (χ0v) is 3.74. The van der Waals surface area contributed by atoms with E-state index in [1.165, 1.54) is 0 Å². The predicted octanol–water partition coefficient (Wildman–Crippen LogP) is -0.179. The zero-order valence-electron chi connectivity index (χ0n) is 3.74. The van der Waals surface area contributed by atoms with Gasteiger partial charge in [-0.3, -0.25) is 0 Å². The van der Waals surface area contributed by atoms with Crippen LogP contribution in [-0.4, -0.2) is 18.8 Å². The average Bonchev–Trinajstić information content (AvgIpc) is 1.61. The van der Waals surface area contributed by atoms with E-state index in [1.54, 1.807) is 6.07 Å². The van der Waals surface area contributed by atoms with E-state index in [0.717, 1.165) is 0 Å². The van der Waals surface area contributed by atoms with Gasteiger partial charge >= 0.3 is 0 Å². The molecule has 0 aromatic heterocycles. The van der Waals surface area contributed by atoms with Crippen LogP contribution in [0.1, 0.15) is 0 Å². The van der Waals surface area contributed by atoms with Gasteiger partial charge < -0.3 is 5.32 Å². The predicted molar refractivity (Wildman–Crippen MR) is 22.3 cm³/mol. The van der Waals surface area contributed by atoms with Crippen LogP contribution in [0.15, 0.2) is 0 Å². The van der Waals surface area contributed by atoms with E-state index >= 15 is 0 Å². The minimum atomic E-state index is -1.54. The number of rotatable bonds is 0. The smallest absolute Gasteiger partial charge is 0.220 e. The molecule has 0 amide bonds. The maximum absolute atomic E-state index is 12.2. The van der Waals surface area contributed by atoms with Crippen molar-refractivity contribution in [3.8, 4) is 6.07 Å². The van der Waals surface area contributed by atoms with Crippen LogP contribution in [-0.2, 0) is 0 Å². The van der Waals surface area contributed by atoms with Crippen molar-refractivity contribution in [2.24, 2.45) is 0 Å². The monoisotopic (exact) mass is 100 g/mol. The average molecular weight is 100 g/mol. The van der Waals surface area contributed by atoms with E-state index in [2.05, 4.69) is 5.32 Å². The first kappa shape index (κ1) is 4.54. The molecule has 1 fully saturated rings. The Kier molecular flexibility index (Phi) is 0.760. The number of nitrogens with zero attached hydrogens (tertiary/aromatic N) is 1. The van der Waals surface area contributed by atoms with Gasteiger partial charge in [0.2, 0.25) is 5.67 Å². The third-order valence-electron chi connectivity index (χ3n) is 1.01. The molecule has 0 aromatic rings. The molecule has 0 bridgehead atoms. The highest BCUT2D eigenvalue weighted by molar-refractivity contribution is 5.10. The molecular weight excluding hydrogens is 95.1 g/mol. The Hall–Kier alpha value is -0.620. The Morgan fingerprint density at radius 1 is 1.71 bits per heavy atom. The fourth-order valence-corrected chi connectivity index (χ4v) is 0.424. The summed E-state index contributed by atoms with van der Waals surface area (Å²) in [7, 11) is 0. The van der Waals surface area contributed by atoms with E-state index < -0.39 is 5.67 Å². The standard InChI is InChI=1S/C4H5FN2/c5-4(1-6)2-7-3-4/h7H,2-3H2. The van der Waals surface area contributed by atoms with E-state index in [1.807, 2.05) is 0 Å². The van der Waals surface area contributed by atoms with Gasteiger partial charge in [0.1, 0.15) is 6.07 Å². The van der Waals surface area contributed by atoms with Crippen molar-refractivity contribution in [2.75, 3.05) is 13.1 Å². The summed E-state index contributed by atoms with van der Waals surface area (Å²) in [5.74, 6) is 0. The van der Waals surface area contributed by atoms with E-state index in [-0.39, 0.29) is 13.1 Å². The summed E-state index contributed by atoms with van der Waals surface area (Å²) in [4.78, 5) is 0. The van der Waals surface area contributed by atoms with Crippen LogP contribution in [0.3, 0.4) is 0 Å². The molecule has 2 nitrogen and oxygen atoms in total. The number of hydrogen-bond acceptors (Lipinski definition) is 2. The fraction of sp³-hybridized carbons (Fsp3) is 0.750. The van der Waals surface area contributed by atoms with Gasteiger partial charge in [-0.2, -0.15) is 5.26 Å². The van der Waals surface area contributed by atoms with Gasteiger partial charge in [-0.05, 0) is 0 Å². The summed E-state index contributed by atoms with van der Waals surface area (Å²) < 4.78 is 12.2. The lowest BCUT2D eigenvalue weighted by Crippen LogP contribution is -2.55. The summed E-state index contributed by atoms with van der Waals surface area (Å²) in [6, 6.07) is 1.55. The molecule has 1 heterocycles.